The molecule has 22 heavy (non-hydrogen) atoms. The van der Waals surface area contributed by atoms with E-state index in [0.29, 0.717) is 29.6 Å². The van der Waals surface area contributed by atoms with Crippen molar-refractivity contribution in [2.75, 3.05) is 39.8 Å². The summed E-state index contributed by atoms with van der Waals surface area (Å²) < 4.78 is 13.8. The van der Waals surface area contributed by atoms with E-state index in [1.165, 1.54) is 6.07 Å². The summed E-state index contributed by atoms with van der Waals surface area (Å²) in [6.07, 6.45) is 3.76. The normalized spacial score (nSPS) is 17.3. The van der Waals surface area contributed by atoms with Gasteiger partial charge in [0, 0.05) is 23.2 Å². The minimum absolute atomic E-state index is 0.173. The number of benzene rings is 1. The lowest BCUT2D eigenvalue weighted by molar-refractivity contribution is 0.0990. The molecule has 0 spiro atoms. The third-order valence-electron chi connectivity index (χ3n) is 4.53. The van der Waals surface area contributed by atoms with Gasteiger partial charge in [0.15, 0.2) is 0 Å². The largest absolute Gasteiger partial charge is 0.395 e. The Hall–Kier alpha value is -0.680. The topological polar surface area (TPSA) is 26.7 Å². The molecule has 1 aliphatic rings. The lowest BCUT2D eigenvalue weighted by Crippen LogP contribution is -2.45. The average molecular weight is 329 g/mol. The summed E-state index contributed by atoms with van der Waals surface area (Å²) >= 11 is 6.07. The van der Waals surface area contributed by atoms with Crippen LogP contribution < -0.4 is 0 Å². The summed E-state index contributed by atoms with van der Waals surface area (Å²) in [5, 5.41) is 9.80. The van der Waals surface area contributed by atoms with Gasteiger partial charge in [-0.1, -0.05) is 17.7 Å². The number of likely N-dealkylation sites (tertiary alicyclic amines) is 1. The van der Waals surface area contributed by atoms with Crippen LogP contribution in [-0.2, 0) is 6.42 Å². The van der Waals surface area contributed by atoms with E-state index in [9.17, 15) is 9.50 Å². The molecule has 1 aromatic carbocycles. The highest BCUT2D eigenvalue weighted by Gasteiger charge is 2.22. The molecular formula is C17H26ClFN2O. The second-order valence-corrected chi connectivity index (χ2v) is 6.50. The zero-order valence-electron chi connectivity index (χ0n) is 13.3. The zero-order chi connectivity index (χ0) is 15.9. The van der Waals surface area contributed by atoms with Crippen LogP contribution in [0.1, 0.15) is 24.8 Å². The summed E-state index contributed by atoms with van der Waals surface area (Å²) in [5.41, 5.74) is 0.608. The fourth-order valence-electron chi connectivity index (χ4n) is 3.20. The molecule has 2 rings (SSSR count). The number of halogens is 2. The Bertz CT molecular complexity index is 444. The van der Waals surface area contributed by atoms with E-state index in [1.54, 1.807) is 12.1 Å². The fourth-order valence-corrected chi connectivity index (χ4v) is 3.45. The second kappa shape index (κ2) is 8.82. The Labute approximate surface area is 137 Å². The second-order valence-electron chi connectivity index (χ2n) is 6.10. The maximum Gasteiger partial charge on any atom is 0.127 e. The van der Waals surface area contributed by atoms with Crippen molar-refractivity contribution in [2.24, 2.45) is 0 Å². The van der Waals surface area contributed by atoms with E-state index in [0.717, 1.165) is 38.9 Å². The van der Waals surface area contributed by atoms with Gasteiger partial charge in [0.05, 0.1) is 6.61 Å². The Morgan fingerprint density at radius 3 is 2.68 bits per heavy atom. The number of nitrogens with zero attached hydrogens (tertiary/aromatic N) is 2. The standard InChI is InChI=1S/C17H26ClFN2O/c1-20-10-7-14(8-11-20)21(12-13-22)9-3-4-15-16(18)5-2-6-17(15)19/h2,5-6,14,22H,3-4,7-13H2,1H3. The minimum atomic E-state index is -0.222. The van der Waals surface area contributed by atoms with E-state index in [4.69, 9.17) is 11.6 Å². The van der Waals surface area contributed by atoms with Crippen LogP contribution in [0.4, 0.5) is 4.39 Å². The van der Waals surface area contributed by atoms with Crippen molar-refractivity contribution < 1.29 is 9.50 Å². The first kappa shape index (κ1) is 17.7. The van der Waals surface area contributed by atoms with Gasteiger partial charge in [0.1, 0.15) is 5.82 Å². The first-order chi connectivity index (χ1) is 10.6. The summed E-state index contributed by atoms with van der Waals surface area (Å²) in [6.45, 7) is 3.95. The number of aliphatic hydroxyl groups is 1. The molecule has 0 atom stereocenters. The predicted octanol–water partition coefficient (Wildman–Crippen LogP) is 2.80. The maximum absolute atomic E-state index is 13.8. The Morgan fingerprint density at radius 1 is 1.32 bits per heavy atom. The van der Waals surface area contributed by atoms with Crippen LogP contribution in [0.3, 0.4) is 0 Å². The van der Waals surface area contributed by atoms with Crippen molar-refractivity contribution in [2.45, 2.75) is 31.7 Å². The van der Waals surface area contributed by atoms with Crippen LogP contribution >= 0.6 is 11.6 Å². The molecule has 3 nitrogen and oxygen atoms in total. The van der Waals surface area contributed by atoms with Crippen molar-refractivity contribution >= 4 is 11.6 Å². The number of piperidine rings is 1. The fraction of sp³-hybridized carbons (Fsp3) is 0.647. The lowest BCUT2D eigenvalue weighted by Gasteiger charge is -2.37. The van der Waals surface area contributed by atoms with Crippen LogP contribution in [0.15, 0.2) is 18.2 Å². The SMILES string of the molecule is CN1CCC(N(CCO)CCCc2c(F)cccc2Cl)CC1. The van der Waals surface area contributed by atoms with Gasteiger partial charge in [-0.05, 0) is 64.5 Å². The monoisotopic (exact) mass is 328 g/mol. The van der Waals surface area contributed by atoms with E-state index in [1.807, 2.05) is 0 Å². The van der Waals surface area contributed by atoms with E-state index in [2.05, 4.69) is 16.8 Å². The van der Waals surface area contributed by atoms with Gasteiger partial charge in [-0.2, -0.15) is 0 Å². The molecule has 0 radical (unpaired) electrons. The molecule has 0 unspecified atom stereocenters. The molecule has 1 fully saturated rings. The van der Waals surface area contributed by atoms with E-state index < -0.39 is 0 Å². The highest BCUT2D eigenvalue weighted by Crippen LogP contribution is 2.21. The molecule has 1 heterocycles. The zero-order valence-corrected chi connectivity index (χ0v) is 14.0. The highest BCUT2D eigenvalue weighted by atomic mass is 35.5. The lowest BCUT2D eigenvalue weighted by atomic mass is 10.0. The van der Waals surface area contributed by atoms with Crippen LogP contribution in [0.5, 0.6) is 0 Å². The Morgan fingerprint density at radius 2 is 2.05 bits per heavy atom. The molecule has 0 bridgehead atoms. The molecule has 0 aliphatic carbocycles. The predicted molar refractivity (Wildman–Crippen MR) is 88.9 cm³/mol. The van der Waals surface area contributed by atoms with Crippen molar-refractivity contribution in [1.29, 1.82) is 0 Å². The molecular weight excluding hydrogens is 303 g/mol. The number of aliphatic hydroxyl groups excluding tert-OH is 1. The van der Waals surface area contributed by atoms with Crippen molar-refractivity contribution in [3.8, 4) is 0 Å². The molecule has 0 amide bonds. The summed E-state index contributed by atoms with van der Waals surface area (Å²) in [6, 6.07) is 5.36. The van der Waals surface area contributed by atoms with E-state index >= 15 is 0 Å². The Kier molecular flexibility index (Phi) is 7.09. The van der Waals surface area contributed by atoms with Gasteiger partial charge < -0.3 is 10.0 Å². The first-order valence-corrected chi connectivity index (χ1v) is 8.46. The third-order valence-corrected chi connectivity index (χ3v) is 4.88. The van der Waals surface area contributed by atoms with Crippen molar-refractivity contribution in [3.05, 3.63) is 34.6 Å². The van der Waals surface area contributed by atoms with E-state index in [-0.39, 0.29) is 12.4 Å². The van der Waals surface area contributed by atoms with Crippen LogP contribution in [-0.4, -0.2) is 60.8 Å². The quantitative estimate of drug-likeness (QED) is 0.833. The molecule has 1 N–H and O–H groups in total. The van der Waals surface area contributed by atoms with Crippen LogP contribution in [0.2, 0.25) is 5.02 Å². The number of rotatable bonds is 7. The molecule has 5 heteroatoms. The molecule has 1 aliphatic heterocycles. The van der Waals surface area contributed by atoms with Gasteiger partial charge in [-0.15, -0.1) is 0 Å². The molecule has 1 aromatic rings. The van der Waals surface area contributed by atoms with Gasteiger partial charge in [0.2, 0.25) is 0 Å². The average Bonchev–Trinajstić information content (AvgIpc) is 2.50. The van der Waals surface area contributed by atoms with Crippen LogP contribution in [0.25, 0.3) is 0 Å². The number of hydrogen-bond donors (Lipinski definition) is 1. The Balaban J connectivity index is 1.86. The summed E-state index contributed by atoms with van der Waals surface area (Å²) in [7, 11) is 2.15. The highest BCUT2D eigenvalue weighted by molar-refractivity contribution is 6.31. The molecule has 124 valence electrons. The van der Waals surface area contributed by atoms with Gasteiger partial charge in [-0.3, -0.25) is 4.90 Å². The van der Waals surface area contributed by atoms with Gasteiger partial charge in [-0.25, -0.2) is 4.39 Å². The minimum Gasteiger partial charge on any atom is -0.395 e. The summed E-state index contributed by atoms with van der Waals surface area (Å²) in [5.74, 6) is -0.222. The maximum atomic E-state index is 13.8. The number of hydrogen-bond acceptors (Lipinski definition) is 3. The van der Waals surface area contributed by atoms with Crippen LogP contribution in [0, 0.1) is 5.82 Å². The molecule has 1 saturated heterocycles. The molecule has 0 aromatic heterocycles. The third kappa shape index (κ3) is 4.92. The molecule has 0 saturated carbocycles. The van der Waals surface area contributed by atoms with Crippen molar-refractivity contribution in [1.82, 2.24) is 9.80 Å². The summed E-state index contributed by atoms with van der Waals surface area (Å²) in [4.78, 5) is 4.69. The smallest absolute Gasteiger partial charge is 0.127 e. The van der Waals surface area contributed by atoms with Crippen molar-refractivity contribution in [3.63, 3.8) is 0 Å². The first-order valence-electron chi connectivity index (χ1n) is 8.08. The van der Waals surface area contributed by atoms with Gasteiger partial charge >= 0.3 is 0 Å². The van der Waals surface area contributed by atoms with Gasteiger partial charge in [0.25, 0.3) is 0 Å².